The van der Waals surface area contributed by atoms with Crippen LogP contribution in [0.2, 0.25) is 0 Å². The summed E-state index contributed by atoms with van der Waals surface area (Å²) in [6.07, 6.45) is 0. The number of amides is 1. The van der Waals surface area contributed by atoms with E-state index < -0.39 is 10.0 Å². The lowest BCUT2D eigenvalue weighted by atomic mass is 10.2. The molecule has 0 aliphatic carbocycles. The van der Waals surface area contributed by atoms with E-state index in [4.69, 9.17) is 4.74 Å². The number of halogens is 1. The molecule has 0 saturated carbocycles. The molecule has 3 aromatic carbocycles. The van der Waals surface area contributed by atoms with E-state index in [0.29, 0.717) is 17.1 Å². The normalized spacial score (nSPS) is 11.0. The zero-order valence-electron chi connectivity index (χ0n) is 15.8. The number of para-hydroxylation sites is 2. The van der Waals surface area contributed by atoms with Gasteiger partial charge < -0.3 is 9.64 Å². The molecule has 0 saturated heterocycles. The highest BCUT2D eigenvalue weighted by molar-refractivity contribution is 9.10. The maximum Gasteiger partial charge on any atom is 0.261 e. The van der Waals surface area contributed by atoms with Crippen LogP contribution in [0.15, 0.2) is 82.2 Å². The summed E-state index contributed by atoms with van der Waals surface area (Å²) < 4.78 is 34.1. The van der Waals surface area contributed by atoms with Gasteiger partial charge in [0.2, 0.25) is 0 Å². The maximum absolute atomic E-state index is 12.9. The molecule has 1 amide bonds. The smallest absolute Gasteiger partial charge is 0.261 e. The van der Waals surface area contributed by atoms with E-state index >= 15 is 0 Å². The number of hydrogen-bond donors (Lipinski definition) is 1. The second-order valence-corrected chi connectivity index (χ2v) is 8.77. The first-order valence-electron chi connectivity index (χ1n) is 8.61. The van der Waals surface area contributed by atoms with Crippen LogP contribution in [0.1, 0.15) is 10.4 Å². The van der Waals surface area contributed by atoms with Crippen molar-refractivity contribution in [3.8, 4) is 5.75 Å². The molecule has 150 valence electrons. The number of methoxy groups -OCH3 is 1. The van der Waals surface area contributed by atoms with Gasteiger partial charge in [-0.05, 0) is 54.6 Å². The Morgan fingerprint density at radius 2 is 1.69 bits per heavy atom. The topological polar surface area (TPSA) is 75.7 Å². The van der Waals surface area contributed by atoms with Crippen molar-refractivity contribution < 1.29 is 17.9 Å². The first-order valence-corrected chi connectivity index (χ1v) is 10.9. The molecule has 0 bridgehead atoms. The minimum Gasteiger partial charge on any atom is -0.495 e. The molecule has 8 heteroatoms. The summed E-state index contributed by atoms with van der Waals surface area (Å²) in [6, 6.07) is 19.8. The number of benzene rings is 3. The van der Waals surface area contributed by atoms with Gasteiger partial charge in [0.1, 0.15) is 5.75 Å². The summed E-state index contributed by atoms with van der Waals surface area (Å²) >= 11 is 3.31. The number of anilines is 2. The Labute approximate surface area is 178 Å². The third-order valence-electron chi connectivity index (χ3n) is 4.24. The Morgan fingerprint density at radius 1 is 1.00 bits per heavy atom. The van der Waals surface area contributed by atoms with Crippen molar-refractivity contribution in [2.75, 3.05) is 23.8 Å². The molecule has 0 heterocycles. The minimum atomic E-state index is -3.85. The molecular formula is C21H19BrN2O4S. The van der Waals surface area contributed by atoms with E-state index in [-0.39, 0.29) is 16.4 Å². The molecular weight excluding hydrogens is 456 g/mol. The Kier molecular flexibility index (Phi) is 6.24. The number of hydrogen-bond acceptors (Lipinski definition) is 4. The van der Waals surface area contributed by atoms with E-state index in [1.54, 1.807) is 61.6 Å². The number of nitrogens with one attached hydrogen (secondary N) is 1. The Bertz CT molecular complexity index is 1130. The lowest BCUT2D eigenvalue weighted by Gasteiger charge is -2.20. The molecule has 0 aliphatic heterocycles. The summed E-state index contributed by atoms with van der Waals surface area (Å²) in [5.41, 5.74) is 1.26. The van der Waals surface area contributed by atoms with Gasteiger partial charge in [0.05, 0.1) is 17.7 Å². The van der Waals surface area contributed by atoms with Gasteiger partial charge in [-0.15, -0.1) is 0 Å². The van der Waals surface area contributed by atoms with E-state index in [9.17, 15) is 13.2 Å². The lowest BCUT2D eigenvalue weighted by Crippen LogP contribution is -2.27. The van der Waals surface area contributed by atoms with Crippen LogP contribution in [0.3, 0.4) is 0 Å². The number of nitrogens with zero attached hydrogens (tertiary/aromatic N) is 1. The van der Waals surface area contributed by atoms with Gasteiger partial charge in [-0.1, -0.05) is 34.1 Å². The van der Waals surface area contributed by atoms with Crippen molar-refractivity contribution in [3.05, 3.63) is 82.8 Å². The Hall–Kier alpha value is -2.84. The van der Waals surface area contributed by atoms with E-state index in [2.05, 4.69) is 20.7 Å². The maximum atomic E-state index is 12.9. The Morgan fingerprint density at radius 3 is 2.38 bits per heavy atom. The number of carbonyl (C=O) groups excluding carboxylic acids is 1. The molecule has 3 rings (SSSR count). The number of rotatable bonds is 6. The molecule has 0 atom stereocenters. The lowest BCUT2D eigenvalue weighted by molar-refractivity contribution is 0.0992. The van der Waals surface area contributed by atoms with E-state index in [1.807, 2.05) is 6.07 Å². The minimum absolute atomic E-state index is 0.000282. The van der Waals surface area contributed by atoms with Crippen LogP contribution in [-0.2, 0) is 10.0 Å². The number of sulfonamides is 1. The third-order valence-corrected chi connectivity index (χ3v) is 6.15. The Balaban J connectivity index is 1.88. The first kappa shape index (κ1) is 20.9. The van der Waals surface area contributed by atoms with Crippen LogP contribution in [0, 0.1) is 0 Å². The summed E-state index contributed by atoms with van der Waals surface area (Å²) in [6.45, 7) is 0. The molecule has 6 nitrogen and oxygen atoms in total. The molecule has 0 aliphatic rings. The zero-order chi connectivity index (χ0) is 21.0. The predicted molar refractivity (Wildman–Crippen MR) is 117 cm³/mol. The van der Waals surface area contributed by atoms with Crippen molar-refractivity contribution in [1.29, 1.82) is 0 Å². The molecule has 0 fully saturated rings. The quantitative estimate of drug-likeness (QED) is 0.568. The second kappa shape index (κ2) is 8.67. The molecule has 0 aromatic heterocycles. The fourth-order valence-corrected chi connectivity index (χ4v) is 4.11. The summed E-state index contributed by atoms with van der Waals surface area (Å²) in [4.78, 5) is 14.4. The summed E-state index contributed by atoms with van der Waals surface area (Å²) in [5.74, 6) is 0.194. The van der Waals surface area contributed by atoms with Crippen LogP contribution in [0.4, 0.5) is 11.4 Å². The molecule has 0 radical (unpaired) electrons. The van der Waals surface area contributed by atoms with Crippen molar-refractivity contribution in [2.24, 2.45) is 0 Å². The van der Waals surface area contributed by atoms with Gasteiger partial charge in [0.25, 0.3) is 15.9 Å². The van der Waals surface area contributed by atoms with Crippen LogP contribution >= 0.6 is 15.9 Å². The van der Waals surface area contributed by atoms with Crippen LogP contribution < -0.4 is 14.4 Å². The average Bonchev–Trinajstić information content (AvgIpc) is 2.74. The highest BCUT2D eigenvalue weighted by atomic mass is 79.9. The largest absolute Gasteiger partial charge is 0.495 e. The van der Waals surface area contributed by atoms with Gasteiger partial charge in [-0.2, -0.15) is 0 Å². The monoisotopic (exact) mass is 474 g/mol. The molecule has 0 unspecified atom stereocenters. The van der Waals surface area contributed by atoms with Crippen molar-refractivity contribution in [2.45, 2.75) is 4.90 Å². The average molecular weight is 475 g/mol. The molecule has 1 N–H and O–H groups in total. The third kappa shape index (κ3) is 4.78. The number of ether oxygens (including phenoxy) is 1. The van der Waals surface area contributed by atoms with Gasteiger partial charge in [0, 0.05) is 22.8 Å². The van der Waals surface area contributed by atoms with Gasteiger partial charge >= 0.3 is 0 Å². The second-order valence-electron chi connectivity index (χ2n) is 6.18. The predicted octanol–water partition coefficient (Wildman–Crippen LogP) is 4.54. The van der Waals surface area contributed by atoms with Crippen molar-refractivity contribution in [1.82, 2.24) is 0 Å². The SMILES string of the molecule is COc1ccccc1N(C)C(=O)c1cccc(S(=O)(=O)Nc2ccc(Br)cc2)c1. The fourth-order valence-electron chi connectivity index (χ4n) is 2.74. The highest BCUT2D eigenvalue weighted by Gasteiger charge is 2.20. The standard InChI is InChI=1S/C21H19BrN2O4S/c1-24(19-8-3-4-9-20(19)28-2)21(25)15-6-5-7-18(14-15)29(26,27)23-17-12-10-16(22)11-13-17/h3-14,23H,1-2H3. The number of carbonyl (C=O) groups is 1. The van der Waals surface area contributed by atoms with E-state index in [1.165, 1.54) is 24.1 Å². The molecule has 0 spiro atoms. The van der Waals surface area contributed by atoms with Crippen molar-refractivity contribution in [3.63, 3.8) is 0 Å². The first-order chi connectivity index (χ1) is 13.8. The van der Waals surface area contributed by atoms with E-state index in [0.717, 1.165) is 4.47 Å². The van der Waals surface area contributed by atoms with Gasteiger partial charge in [-0.25, -0.2) is 8.42 Å². The van der Waals surface area contributed by atoms with Gasteiger partial charge in [0.15, 0.2) is 0 Å². The van der Waals surface area contributed by atoms with Crippen LogP contribution in [0.5, 0.6) is 5.75 Å². The van der Waals surface area contributed by atoms with Crippen molar-refractivity contribution >= 4 is 43.2 Å². The summed E-state index contributed by atoms with van der Waals surface area (Å²) in [7, 11) is -0.708. The van der Waals surface area contributed by atoms with Crippen LogP contribution in [-0.4, -0.2) is 28.5 Å². The molecule has 29 heavy (non-hydrogen) atoms. The molecule has 3 aromatic rings. The zero-order valence-corrected chi connectivity index (χ0v) is 18.2. The summed E-state index contributed by atoms with van der Waals surface area (Å²) in [5, 5.41) is 0. The van der Waals surface area contributed by atoms with Crippen LogP contribution in [0.25, 0.3) is 0 Å². The highest BCUT2D eigenvalue weighted by Crippen LogP contribution is 2.28. The fraction of sp³-hybridized carbons (Fsp3) is 0.0952. The van der Waals surface area contributed by atoms with Gasteiger partial charge in [-0.3, -0.25) is 9.52 Å².